The van der Waals surface area contributed by atoms with Crippen molar-refractivity contribution in [3.63, 3.8) is 0 Å². The number of anilines is 1. The van der Waals surface area contributed by atoms with Crippen LogP contribution in [0, 0.1) is 5.82 Å². The fraction of sp³-hybridized carbons (Fsp3) is 0.300. The molecule has 1 rings (SSSR count). The number of carboxylic acids is 1. The Morgan fingerprint density at radius 1 is 1.67 bits per heavy atom. The summed E-state index contributed by atoms with van der Waals surface area (Å²) in [5.41, 5.74) is 5.61. The predicted molar refractivity (Wildman–Crippen MR) is 53.2 cm³/mol. The molecule has 4 nitrogen and oxygen atoms in total. The van der Waals surface area contributed by atoms with Crippen LogP contribution in [0.25, 0.3) is 0 Å². The van der Waals surface area contributed by atoms with E-state index < -0.39 is 17.9 Å². The van der Waals surface area contributed by atoms with Crippen LogP contribution in [0.1, 0.15) is 13.3 Å². The minimum absolute atomic E-state index is 0.0987. The molecule has 0 bridgehead atoms. The summed E-state index contributed by atoms with van der Waals surface area (Å²) in [5, 5.41) is 8.71. The number of carbonyl (C=O) groups is 1. The third kappa shape index (κ3) is 2.83. The van der Waals surface area contributed by atoms with Gasteiger partial charge in [0.15, 0.2) is 17.7 Å². The van der Waals surface area contributed by atoms with Gasteiger partial charge in [0.2, 0.25) is 0 Å². The Bertz CT molecular complexity index is 368. The summed E-state index contributed by atoms with van der Waals surface area (Å²) in [6.45, 7) is 1.65. The van der Waals surface area contributed by atoms with Crippen LogP contribution in [0.2, 0.25) is 0 Å². The van der Waals surface area contributed by atoms with Crippen molar-refractivity contribution in [3.8, 4) is 5.75 Å². The fourth-order valence-electron chi connectivity index (χ4n) is 1.07. The van der Waals surface area contributed by atoms with Crippen LogP contribution < -0.4 is 10.5 Å². The van der Waals surface area contributed by atoms with E-state index in [-0.39, 0.29) is 17.9 Å². The Labute approximate surface area is 86.5 Å². The van der Waals surface area contributed by atoms with Crippen molar-refractivity contribution < 1.29 is 19.0 Å². The lowest BCUT2D eigenvalue weighted by molar-refractivity contribution is -0.145. The highest BCUT2D eigenvalue weighted by atomic mass is 19.1. The van der Waals surface area contributed by atoms with Gasteiger partial charge in [0, 0.05) is 11.8 Å². The van der Waals surface area contributed by atoms with Gasteiger partial charge in [-0.05, 0) is 18.6 Å². The molecule has 0 fully saturated rings. The van der Waals surface area contributed by atoms with Gasteiger partial charge in [0.25, 0.3) is 0 Å². The molecule has 0 aliphatic carbocycles. The molecule has 82 valence electrons. The Kier molecular flexibility index (Phi) is 3.49. The summed E-state index contributed by atoms with van der Waals surface area (Å²) < 4.78 is 18.2. The zero-order valence-corrected chi connectivity index (χ0v) is 8.24. The minimum atomic E-state index is -1.12. The highest BCUT2D eigenvalue weighted by Crippen LogP contribution is 2.21. The van der Waals surface area contributed by atoms with Crippen molar-refractivity contribution in [1.82, 2.24) is 0 Å². The second kappa shape index (κ2) is 4.63. The number of carboxylic acid groups (broad SMARTS) is 1. The van der Waals surface area contributed by atoms with E-state index in [0.29, 0.717) is 0 Å². The Morgan fingerprint density at radius 2 is 2.33 bits per heavy atom. The summed E-state index contributed by atoms with van der Waals surface area (Å²) in [6.07, 6.45) is -0.776. The molecule has 0 spiro atoms. The number of aliphatic carboxylic acids is 1. The van der Waals surface area contributed by atoms with Crippen LogP contribution in [0.4, 0.5) is 10.1 Å². The van der Waals surface area contributed by atoms with Gasteiger partial charge in [-0.1, -0.05) is 6.92 Å². The first kappa shape index (κ1) is 11.3. The quantitative estimate of drug-likeness (QED) is 0.746. The van der Waals surface area contributed by atoms with Gasteiger partial charge >= 0.3 is 5.97 Å². The van der Waals surface area contributed by atoms with E-state index in [1.165, 1.54) is 12.1 Å². The van der Waals surface area contributed by atoms with Gasteiger partial charge in [-0.3, -0.25) is 0 Å². The van der Waals surface area contributed by atoms with Crippen molar-refractivity contribution in [2.24, 2.45) is 0 Å². The van der Waals surface area contributed by atoms with Crippen molar-refractivity contribution >= 4 is 11.7 Å². The molecule has 5 heteroatoms. The van der Waals surface area contributed by atoms with E-state index in [2.05, 4.69) is 0 Å². The van der Waals surface area contributed by atoms with Gasteiger partial charge in [-0.15, -0.1) is 0 Å². The van der Waals surface area contributed by atoms with Crippen LogP contribution in [0.3, 0.4) is 0 Å². The number of nitrogen functional groups attached to an aromatic ring is 1. The second-order valence-corrected chi connectivity index (χ2v) is 3.04. The predicted octanol–water partition coefficient (Wildman–Crippen LogP) is 1.65. The summed E-state index contributed by atoms with van der Waals surface area (Å²) >= 11 is 0. The first-order chi connectivity index (χ1) is 7.04. The fourth-order valence-corrected chi connectivity index (χ4v) is 1.07. The van der Waals surface area contributed by atoms with Crippen LogP contribution in [0.15, 0.2) is 18.2 Å². The average molecular weight is 213 g/mol. The molecule has 15 heavy (non-hydrogen) atoms. The number of benzene rings is 1. The molecular formula is C10H12FNO3. The molecule has 3 N–H and O–H groups in total. The monoisotopic (exact) mass is 213 g/mol. The lowest BCUT2D eigenvalue weighted by Gasteiger charge is -2.13. The summed E-state index contributed by atoms with van der Waals surface area (Å²) in [6, 6.07) is 3.85. The molecule has 0 aromatic heterocycles. The van der Waals surface area contributed by atoms with Gasteiger partial charge in [0.1, 0.15) is 0 Å². The standard InChI is InChI=1S/C10H12FNO3/c1-2-8(10(13)14)15-9-4-3-6(12)5-7(9)11/h3-5,8H,2,12H2,1H3,(H,13,14). The van der Waals surface area contributed by atoms with Gasteiger partial charge in [-0.2, -0.15) is 0 Å². The number of nitrogens with two attached hydrogens (primary N) is 1. The van der Waals surface area contributed by atoms with E-state index in [4.69, 9.17) is 15.6 Å². The molecule has 1 atom stereocenters. The van der Waals surface area contributed by atoms with Crippen LogP contribution in [-0.2, 0) is 4.79 Å². The average Bonchev–Trinajstić information content (AvgIpc) is 2.16. The molecule has 0 aliphatic heterocycles. The van der Waals surface area contributed by atoms with E-state index >= 15 is 0 Å². The molecule has 1 aromatic rings. The van der Waals surface area contributed by atoms with Crippen molar-refractivity contribution in [2.45, 2.75) is 19.4 Å². The lowest BCUT2D eigenvalue weighted by atomic mass is 10.2. The third-order valence-corrected chi connectivity index (χ3v) is 1.87. The largest absolute Gasteiger partial charge is 0.479 e. The molecule has 1 unspecified atom stereocenters. The Balaban J connectivity index is 2.84. The van der Waals surface area contributed by atoms with E-state index in [1.807, 2.05) is 0 Å². The Morgan fingerprint density at radius 3 is 2.80 bits per heavy atom. The maximum atomic E-state index is 13.2. The first-order valence-corrected chi connectivity index (χ1v) is 4.49. The van der Waals surface area contributed by atoms with Crippen molar-refractivity contribution in [2.75, 3.05) is 5.73 Å². The third-order valence-electron chi connectivity index (χ3n) is 1.87. The molecular weight excluding hydrogens is 201 g/mol. The van der Waals surface area contributed by atoms with Gasteiger partial charge in [-0.25, -0.2) is 9.18 Å². The topological polar surface area (TPSA) is 72.5 Å². The molecule has 1 aromatic carbocycles. The molecule has 0 saturated carbocycles. The number of rotatable bonds is 4. The summed E-state index contributed by atoms with van der Waals surface area (Å²) in [4.78, 5) is 10.6. The minimum Gasteiger partial charge on any atom is -0.479 e. The smallest absolute Gasteiger partial charge is 0.344 e. The Hall–Kier alpha value is -1.78. The highest BCUT2D eigenvalue weighted by Gasteiger charge is 2.18. The number of halogens is 1. The van der Waals surface area contributed by atoms with Crippen LogP contribution in [0.5, 0.6) is 5.75 Å². The maximum absolute atomic E-state index is 13.2. The zero-order valence-electron chi connectivity index (χ0n) is 8.24. The first-order valence-electron chi connectivity index (χ1n) is 4.49. The second-order valence-electron chi connectivity index (χ2n) is 3.04. The van der Waals surface area contributed by atoms with Crippen LogP contribution >= 0.6 is 0 Å². The van der Waals surface area contributed by atoms with Crippen molar-refractivity contribution in [3.05, 3.63) is 24.0 Å². The van der Waals surface area contributed by atoms with Crippen LogP contribution in [-0.4, -0.2) is 17.2 Å². The molecule has 0 saturated heterocycles. The number of hydrogen-bond acceptors (Lipinski definition) is 3. The van der Waals surface area contributed by atoms with Crippen molar-refractivity contribution in [1.29, 1.82) is 0 Å². The maximum Gasteiger partial charge on any atom is 0.344 e. The van der Waals surface area contributed by atoms with Gasteiger partial charge < -0.3 is 15.6 Å². The highest BCUT2D eigenvalue weighted by molar-refractivity contribution is 5.72. The number of ether oxygens (including phenoxy) is 1. The number of hydrogen-bond donors (Lipinski definition) is 2. The van der Waals surface area contributed by atoms with E-state index in [0.717, 1.165) is 6.07 Å². The molecule has 0 amide bonds. The SMILES string of the molecule is CCC(Oc1ccc(N)cc1F)C(=O)O. The lowest BCUT2D eigenvalue weighted by Crippen LogP contribution is -2.26. The normalized spacial score (nSPS) is 12.1. The molecule has 0 aliphatic rings. The van der Waals surface area contributed by atoms with E-state index in [1.54, 1.807) is 6.92 Å². The molecule has 0 heterocycles. The van der Waals surface area contributed by atoms with Gasteiger partial charge in [0.05, 0.1) is 0 Å². The van der Waals surface area contributed by atoms with E-state index in [9.17, 15) is 9.18 Å². The summed E-state index contributed by atoms with van der Waals surface area (Å²) in [7, 11) is 0. The summed E-state index contributed by atoms with van der Waals surface area (Å²) in [5.74, 6) is -1.87. The molecule has 0 radical (unpaired) electrons. The zero-order chi connectivity index (χ0) is 11.4.